The van der Waals surface area contributed by atoms with Gasteiger partial charge >= 0.3 is 11.9 Å². The predicted octanol–water partition coefficient (Wildman–Crippen LogP) is 3.61. The average Bonchev–Trinajstić information content (AvgIpc) is 2.77. The van der Waals surface area contributed by atoms with Crippen molar-refractivity contribution in [1.29, 1.82) is 0 Å². The lowest BCUT2D eigenvalue weighted by atomic mass is 9.87. The summed E-state index contributed by atoms with van der Waals surface area (Å²) in [4.78, 5) is 36.0. The van der Waals surface area contributed by atoms with Crippen LogP contribution in [-0.4, -0.2) is 31.1 Å². The Morgan fingerprint density at radius 2 is 1.83 bits per heavy atom. The van der Waals surface area contributed by atoms with E-state index in [0.29, 0.717) is 5.56 Å². The number of ether oxygens (including phenoxy) is 2. The maximum atomic E-state index is 12.5. The van der Waals surface area contributed by atoms with Crippen molar-refractivity contribution >= 4 is 23.9 Å². The minimum atomic E-state index is -0.905. The zero-order valence-electron chi connectivity index (χ0n) is 17.1. The lowest BCUT2D eigenvalue weighted by Gasteiger charge is -2.27. The first-order chi connectivity index (χ1) is 14.5. The van der Waals surface area contributed by atoms with Crippen LogP contribution in [0, 0.1) is 0 Å². The van der Waals surface area contributed by atoms with Crippen LogP contribution in [0.3, 0.4) is 0 Å². The average molecular weight is 407 g/mol. The lowest BCUT2D eigenvalue weighted by Crippen LogP contribution is -2.39. The molecule has 2 aromatic rings. The summed E-state index contributed by atoms with van der Waals surface area (Å²) in [6.07, 6.45) is 4.80. The number of fused-ring (bicyclic) bond motifs is 1. The normalized spacial score (nSPS) is 16.4. The second-order valence-electron chi connectivity index (χ2n) is 7.18. The molecule has 2 atom stereocenters. The van der Waals surface area contributed by atoms with Crippen molar-refractivity contribution in [1.82, 2.24) is 5.32 Å². The highest BCUT2D eigenvalue weighted by Crippen LogP contribution is 2.29. The second-order valence-corrected chi connectivity index (χ2v) is 7.18. The molecule has 30 heavy (non-hydrogen) atoms. The van der Waals surface area contributed by atoms with Gasteiger partial charge in [0.15, 0.2) is 6.10 Å². The van der Waals surface area contributed by atoms with E-state index in [1.54, 1.807) is 37.3 Å². The molecular weight excluding hydrogens is 382 g/mol. The highest BCUT2D eigenvalue weighted by molar-refractivity contribution is 5.91. The van der Waals surface area contributed by atoms with Crippen LogP contribution in [0.2, 0.25) is 0 Å². The molecule has 0 radical (unpaired) electrons. The predicted molar refractivity (Wildman–Crippen MR) is 113 cm³/mol. The molecule has 6 nitrogen and oxygen atoms in total. The van der Waals surface area contributed by atoms with Crippen LogP contribution in [0.15, 0.2) is 54.6 Å². The summed E-state index contributed by atoms with van der Waals surface area (Å²) in [5.41, 5.74) is 3.52. The van der Waals surface area contributed by atoms with Crippen LogP contribution < -0.4 is 5.32 Å². The van der Waals surface area contributed by atoms with Crippen LogP contribution in [0.5, 0.6) is 0 Å². The number of nitrogens with one attached hydrogen (secondary N) is 1. The number of carbonyl (C=O) groups is 3. The molecule has 3 rings (SSSR count). The van der Waals surface area contributed by atoms with Crippen LogP contribution in [0.1, 0.15) is 52.9 Å². The molecule has 1 aliphatic carbocycles. The number of amides is 1. The lowest BCUT2D eigenvalue weighted by molar-refractivity contribution is -0.150. The number of aryl methyl sites for hydroxylation is 1. The SMILES string of the molecule is COC(=O)c1ccc(/C=C/C(=O)O[C@@H](C)C(=O)N[C@H]2CCCc3ccccc32)cc1. The zero-order valence-corrected chi connectivity index (χ0v) is 17.1. The third-order valence-corrected chi connectivity index (χ3v) is 5.09. The van der Waals surface area contributed by atoms with Crippen molar-refractivity contribution in [3.05, 3.63) is 76.9 Å². The Bertz CT molecular complexity index is 948. The van der Waals surface area contributed by atoms with Gasteiger partial charge in [0.2, 0.25) is 0 Å². The summed E-state index contributed by atoms with van der Waals surface area (Å²) in [5, 5.41) is 2.99. The van der Waals surface area contributed by atoms with Gasteiger partial charge in [0, 0.05) is 6.08 Å². The highest BCUT2D eigenvalue weighted by Gasteiger charge is 2.24. The summed E-state index contributed by atoms with van der Waals surface area (Å²) >= 11 is 0. The number of rotatable bonds is 6. The molecule has 0 spiro atoms. The Hall–Kier alpha value is -3.41. The Labute approximate surface area is 175 Å². The van der Waals surface area contributed by atoms with Gasteiger partial charge in [-0.05, 0) is 61.1 Å². The molecular formula is C24H25NO5. The number of hydrogen-bond acceptors (Lipinski definition) is 5. The quantitative estimate of drug-likeness (QED) is 0.584. The number of benzene rings is 2. The van der Waals surface area contributed by atoms with Crippen molar-refractivity contribution in [3.8, 4) is 0 Å². The molecule has 1 aliphatic rings. The Kier molecular flexibility index (Phi) is 7.01. The largest absolute Gasteiger partial charge is 0.465 e. The molecule has 0 saturated heterocycles. The zero-order chi connectivity index (χ0) is 21.5. The van der Waals surface area contributed by atoms with Gasteiger partial charge in [-0.3, -0.25) is 4.79 Å². The number of methoxy groups -OCH3 is 1. The molecule has 1 amide bonds. The molecule has 0 saturated carbocycles. The van der Waals surface area contributed by atoms with E-state index in [1.165, 1.54) is 18.7 Å². The van der Waals surface area contributed by atoms with E-state index in [-0.39, 0.29) is 11.9 Å². The minimum absolute atomic E-state index is 0.0625. The van der Waals surface area contributed by atoms with Gasteiger partial charge in [0.05, 0.1) is 18.7 Å². The molecule has 0 fully saturated rings. The summed E-state index contributed by atoms with van der Waals surface area (Å²) in [5.74, 6) is -1.36. The van der Waals surface area contributed by atoms with Crippen LogP contribution >= 0.6 is 0 Å². The summed E-state index contributed by atoms with van der Waals surface area (Å²) in [6, 6.07) is 14.6. The summed E-state index contributed by atoms with van der Waals surface area (Å²) in [7, 11) is 1.32. The van der Waals surface area contributed by atoms with Crippen molar-refractivity contribution in [2.75, 3.05) is 7.11 Å². The maximum Gasteiger partial charge on any atom is 0.337 e. The van der Waals surface area contributed by atoms with Gasteiger partial charge in [-0.25, -0.2) is 9.59 Å². The summed E-state index contributed by atoms with van der Waals surface area (Å²) in [6.45, 7) is 1.56. The second kappa shape index (κ2) is 9.87. The van der Waals surface area contributed by atoms with Crippen LogP contribution in [0.25, 0.3) is 6.08 Å². The smallest absolute Gasteiger partial charge is 0.337 e. The van der Waals surface area contributed by atoms with Gasteiger partial charge in [-0.15, -0.1) is 0 Å². The summed E-state index contributed by atoms with van der Waals surface area (Å²) < 4.78 is 9.88. The van der Waals surface area contributed by atoms with Gasteiger partial charge in [-0.2, -0.15) is 0 Å². The van der Waals surface area contributed by atoms with Gasteiger partial charge < -0.3 is 14.8 Å². The molecule has 156 valence electrons. The van der Waals surface area contributed by atoms with E-state index in [4.69, 9.17) is 4.74 Å². The number of carbonyl (C=O) groups excluding carboxylic acids is 3. The van der Waals surface area contributed by atoms with Gasteiger partial charge in [0.25, 0.3) is 5.91 Å². The number of esters is 2. The van der Waals surface area contributed by atoms with E-state index >= 15 is 0 Å². The standard InChI is InChI=1S/C24H25NO5/c1-16(23(27)25-21-9-5-7-18-6-3-4-8-20(18)21)30-22(26)15-12-17-10-13-19(14-11-17)24(28)29-2/h3-4,6,8,10-16,21H,5,7,9H2,1-2H3,(H,25,27)/b15-12+/t16-,21-/m0/s1. The van der Waals surface area contributed by atoms with Crippen LogP contribution in [0.4, 0.5) is 0 Å². The van der Waals surface area contributed by atoms with E-state index in [0.717, 1.165) is 30.4 Å². The minimum Gasteiger partial charge on any atom is -0.465 e. The monoisotopic (exact) mass is 407 g/mol. The molecule has 0 unspecified atom stereocenters. The van der Waals surface area contributed by atoms with E-state index in [9.17, 15) is 14.4 Å². The van der Waals surface area contributed by atoms with Crippen molar-refractivity contribution < 1.29 is 23.9 Å². The fraction of sp³-hybridized carbons (Fsp3) is 0.292. The van der Waals surface area contributed by atoms with Crippen molar-refractivity contribution in [3.63, 3.8) is 0 Å². The molecule has 0 aliphatic heterocycles. The fourth-order valence-corrected chi connectivity index (χ4v) is 3.47. The molecule has 6 heteroatoms. The van der Waals surface area contributed by atoms with Crippen molar-refractivity contribution in [2.24, 2.45) is 0 Å². The molecule has 2 aromatic carbocycles. The Balaban J connectivity index is 1.53. The Morgan fingerprint density at radius 3 is 2.57 bits per heavy atom. The first kappa shape index (κ1) is 21.3. The van der Waals surface area contributed by atoms with Crippen molar-refractivity contribution in [2.45, 2.75) is 38.3 Å². The molecule has 0 aromatic heterocycles. The maximum absolute atomic E-state index is 12.5. The van der Waals surface area contributed by atoms with E-state index in [1.807, 2.05) is 18.2 Å². The first-order valence-corrected chi connectivity index (χ1v) is 9.93. The molecule has 0 bridgehead atoms. The first-order valence-electron chi connectivity index (χ1n) is 9.93. The van der Waals surface area contributed by atoms with Gasteiger partial charge in [0.1, 0.15) is 0 Å². The van der Waals surface area contributed by atoms with E-state index < -0.39 is 18.0 Å². The third kappa shape index (κ3) is 5.35. The molecule has 0 heterocycles. The number of hydrogen-bond donors (Lipinski definition) is 1. The van der Waals surface area contributed by atoms with Gasteiger partial charge in [-0.1, -0.05) is 36.4 Å². The Morgan fingerprint density at radius 1 is 1.10 bits per heavy atom. The highest BCUT2D eigenvalue weighted by atomic mass is 16.5. The van der Waals surface area contributed by atoms with E-state index in [2.05, 4.69) is 16.1 Å². The fourth-order valence-electron chi connectivity index (χ4n) is 3.47. The molecule has 1 N–H and O–H groups in total. The topological polar surface area (TPSA) is 81.7 Å². The van der Waals surface area contributed by atoms with Crippen LogP contribution in [-0.2, 0) is 25.5 Å². The third-order valence-electron chi connectivity index (χ3n) is 5.09.